The van der Waals surface area contributed by atoms with E-state index in [9.17, 15) is 4.39 Å². The van der Waals surface area contributed by atoms with Crippen molar-refractivity contribution in [1.82, 2.24) is 4.90 Å². The fourth-order valence-corrected chi connectivity index (χ4v) is 1.99. The molecule has 0 spiro atoms. The molecular formula is C14H22FN3O. The van der Waals surface area contributed by atoms with Crippen LogP contribution in [0, 0.1) is 5.82 Å². The van der Waals surface area contributed by atoms with Gasteiger partial charge in [0, 0.05) is 18.2 Å². The molecule has 4 nitrogen and oxygen atoms in total. The van der Waals surface area contributed by atoms with Crippen molar-refractivity contribution in [2.24, 2.45) is 10.9 Å². The van der Waals surface area contributed by atoms with Crippen LogP contribution >= 0.6 is 0 Å². The largest absolute Gasteiger partial charge is 0.409 e. The van der Waals surface area contributed by atoms with Gasteiger partial charge in [-0.05, 0) is 50.6 Å². The number of nitrogens with two attached hydrogens (primary N) is 1. The molecule has 1 aromatic carbocycles. The Hall–Kier alpha value is -1.62. The Morgan fingerprint density at radius 2 is 2.11 bits per heavy atom. The predicted molar refractivity (Wildman–Crippen MR) is 74.7 cm³/mol. The SMILES string of the molecule is CCCN(Cc1cc(F)cc(/C(N)=N/O)c1)C(C)C. The molecule has 0 saturated heterocycles. The van der Waals surface area contributed by atoms with Crippen LogP contribution < -0.4 is 5.73 Å². The van der Waals surface area contributed by atoms with E-state index < -0.39 is 0 Å². The summed E-state index contributed by atoms with van der Waals surface area (Å²) in [5.41, 5.74) is 6.72. The van der Waals surface area contributed by atoms with Crippen LogP contribution in [-0.2, 0) is 6.54 Å². The van der Waals surface area contributed by atoms with Crippen LogP contribution in [-0.4, -0.2) is 28.5 Å². The van der Waals surface area contributed by atoms with Gasteiger partial charge >= 0.3 is 0 Å². The number of amidine groups is 1. The fourth-order valence-electron chi connectivity index (χ4n) is 1.99. The van der Waals surface area contributed by atoms with Gasteiger partial charge in [0.25, 0.3) is 0 Å². The Kier molecular flexibility index (Phi) is 5.76. The van der Waals surface area contributed by atoms with Gasteiger partial charge in [-0.1, -0.05) is 12.1 Å². The van der Waals surface area contributed by atoms with E-state index in [-0.39, 0.29) is 11.7 Å². The molecule has 0 bridgehead atoms. The first-order chi connectivity index (χ1) is 8.97. The number of halogens is 1. The van der Waals surface area contributed by atoms with Crippen LogP contribution in [0.5, 0.6) is 0 Å². The van der Waals surface area contributed by atoms with Gasteiger partial charge in [0.15, 0.2) is 5.84 Å². The molecule has 106 valence electrons. The number of nitrogens with zero attached hydrogens (tertiary/aromatic N) is 2. The van der Waals surface area contributed by atoms with Gasteiger partial charge in [0.05, 0.1) is 0 Å². The third kappa shape index (κ3) is 4.52. The highest BCUT2D eigenvalue weighted by Gasteiger charge is 2.11. The molecule has 0 aliphatic rings. The van der Waals surface area contributed by atoms with Crippen LogP contribution in [0.2, 0.25) is 0 Å². The first kappa shape index (κ1) is 15.4. The Bertz CT molecular complexity index is 446. The Balaban J connectivity index is 2.97. The standard InChI is InChI=1S/C14H22FN3O/c1-4-5-18(10(2)3)9-11-6-12(14(16)17-19)8-13(15)7-11/h6-8,10,19H,4-5,9H2,1-3H3,(H2,16,17). The van der Waals surface area contributed by atoms with Crippen molar-refractivity contribution in [1.29, 1.82) is 0 Å². The van der Waals surface area contributed by atoms with Crippen molar-refractivity contribution in [3.63, 3.8) is 0 Å². The monoisotopic (exact) mass is 267 g/mol. The third-order valence-corrected chi connectivity index (χ3v) is 2.99. The lowest BCUT2D eigenvalue weighted by Crippen LogP contribution is -2.31. The normalized spacial score (nSPS) is 12.4. The van der Waals surface area contributed by atoms with Gasteiger partial charge in [-0.2, -0.15) is 0 Å². The number of oxime groups is 1. The summed E-state index contributed by atoms with van der Waals surface area (Å²) in [7, 11) is 0. The average molecular weight is 267 g/mol. The zero-order chi connectivity index (χ0) is 14.4. The van der Waals surface area contributed by atoms with Gasteiger partial charge < -0.3 is 10.9 Å². The van der Waals surface area contributed by atoms with Crippen molar-refractivity contribution >= 4 is 5.84 Å². The van der Waals surface area contributed by atoms with Crippen LogP contribution in [0.1, 0.15) is 38.3 Å². The minimum atomic E-state index is -0.376. The first-order valence-electron chi connectivity index (χ1n) is 6.49. The fraction of sp³-hybridized carbons (Fsp3) is 0.500. The molecule has 3 N–H and O–H groups in total. The highest BCUT2D eigenvalue weighted by Crippen LogP contribution is 2.13. The van der Waals surface area contributed by atoms with Crippen LogP contribution in [0.3, 0.4) is 0 Å². The molecule has 0 amide bonds. The second-order valence-corrected chi connectivity index (χ2v) is 4.90. The summed E-state index contributed by atoms with van der Waals surface area (Å²) in [6.07, 6.45) is 1.04. The van der Waals surface area contributed by atoms with E-state index in [0.717, 1.165) is 18.5 Å². The quantitative estimate of drug-likeness (QED) is 0.360. The summed E-state index contributed by atoms with van der Waals surface area (Å²) in [5, 5.41) is 11.6. The minimum absolute atomic E-state index is 0.0765. The minimum Gasteiger partial charge on any atom is -0.409 e. The van der Waals surface area contributed by atoms with Crippen molar-refractivity contribution in [3.05, 3.63) is 35.1 Å². The summed E-state index contributed by atoms with van der Waals surface area (Å²) in [6, 6.07) is 4.89. The van der Waals surface area contributed by atoms with E-state index in [1.54, 1.807) is 6.07 Å². The Morgan fingerprint density at radius 1 is 1.42 bits per heavy atom. The molecule has 0 radical (unpaired) electrons. The summed E-state index contributed by atoms with van der Waals surface area (Å²) in [4.78, 5) is 2.25. The van der Waals surface area contributed by atoms with Crippen molar-refractivity contribution in [2.75, 3.05) is 6.54 Å². The molecule has 0 aliphatic heterocycles. The second-order valence-electron chi connectivity index (χ2n) is 4.90. The number of hydrogen-bond donors (Lipinski definition) is 2. The first-order valence-corrected chi connectivity index (χ1v) is 6.49. The smallest absolute Gasteiger partial charge is 0.170 e. The molecular weight excluding hydrogens is 245 g/mol. The lowest BCUT2D eigenvalue weighted by atomic mass is 10.1. The maximum absolute atomic E-state index is 13.6. The lowest BCUT2D eigenvalue weighted by molar-refractivity contribution is 0.213. The van der Waals surface area contributed by atoms with E-state index in [2.05, 4.69) is 30.8 Å². The molecule has 0 aromatic heterocycles. The molecule has 0 fully saturated rings. The van der Waals surface area contributed by atoms with Crippen LogP contribution in [0.25, 0.3) is 0 Å². The highest BCUT2D eigenvalue weighted by molar-refractivity contribution is 5.97. The van der Waals surface area contributed by atoms with Crippen LogP contribution in [0.4, 0.5) is 4.39 Å². The zero-order valence-electron chi connectivity index (χ0n) is 11.7. The molecule has 0 heterocycles. The summed E-state index contributed by atoms with van der Waals surface area (Å²) < 4.78 is 13.6. The highest BCUT2D eigenvalue weighted by atomic mass is 19.1. The predicted octanol–water partition coefficient (Wildman–Crippen LogP) is 2.54. The van der Waals surface area contributed by atoms with Crippen LogP contribution in [0.15, 0.2) is 23.4 Å². The average Bonchev–Trinajstić information content (AvgIpc) is 2.36. The summed E-state index contributed by atoms with van der Waals surface area (Å²) >= 11 is 0. The van der Waals surface area contributed by atoms with E-state index in [1.165, 1.54) is 12.1 Å². The number of hydrogen-bond acceptors (Lipinski definition) is 3. The Morgan fingerprint density at radius 3 is 2.63 bits per heavy atom. The summed E-state index contributed by atoms with van der Waals surface area (Å²) in [5.74, 6) is -0.452. The maximum Gasteiger partial charge on any atom is 0.170 e. The molecule has 0 aliphatic carbocycles. The van der Waals surface area contributed by atoms with Gasteiger partial charge in [-0.15, -0.1) is 0 Å². The zero-order valence-corrected chi connectivity index (χ0v) is 11.7. The molecule has 1 aromatic rings. The molecule has 0 saturated carbocycles. The van der Waals surface area contributed by atoms with E-state index in [1.807, 2.05) is 0 Å². The maximum atomic E-state index is 13.6. The van der Waals surface area contributed by atoms with Gasteiger partial charge in [-0.25, -0.2) is 4.39 Å². The lowest BCUT2D eigenvalue weighted by Gasteiger charge is -2.26. The van der Waals surface area contributed by atoms with E-state index in [4.69, 9.17) is 10.9 Å². The molecule has 19 heavy (non-hydrogen) atoms. The van der Waals surface area contributed by atoms with E-state index >= 15 is 0 Å². The van der Waals surface area contributed by atoms with Crippen molar-refractivity contribution < 1.29 is 9.60 Å². The van der Waals surface area contributed by atoms with Gasteiger partial charge in [-0.3, -0.25) is 4.90 Å². The molecule has 0 atom stereocenters. The third-order valence-electron chi connectivity index (χ3n) is 2.99. The van der Waals surface area contributed by atoms with Gasteiger partial charge in [0.2, 0.25) is 0 Å². The van der Waals surface area contributed by atoms with Gasteiger partial charge in [0.1, 0.15) is 5.82 Å². The topological polar surface area (TPSA) is 61.8 Å². The van der Waals surface area contributed by atoms with Crippen molar-refractivity contribution in [2.45, 2.75) is 39.8 Å². The summed E-state index contributed by atoms with van der Waals surface area (Å²) in [6.45, 7) is 7.93. The Labute approximate surface area is 113 Å². The van der Waals surface area contributed by atoms with Crippen molar-refractivity contribution in [3.8, 4) is 0 Å². The molecule has 5 heteroatoms. The number of rotatable bonds is 6. The molecule has 1 rings (SSSR count). The number of benzene rings is 1. The van der Waals surface area contributed by atoms with E-state index in [0.29, 0.717) is 18.2 Å². The molecule has 0 unspecified atom stereocenters. The second kappa shape index (κ2) is 7.09.